The van der Waals surface area contributed by atoms with E-state index in [9.17, 15) is 4.79 Å². The molecule has 1 atom stereocenters. The van der Waals surface area contributed by atoms with Crippen molar-refractivity contribution in [2.45, 2.75) is 83.5 Å². The molecule has 21 heavy (non-hydrogen) atoms. The molecule has 0 N–H and O–H groups in total. The van der Waals surface area contributed by atoms with E-state index in [0.29, 0.717) is 0 Å². The molecule has 1 nitrogen and oxygen atoms in total. The summed E-state index contributed by atoms with van der Waals surface area (Å²) in [7, 11) is 0. The summed E-state index contributed by atoms with van der Waals surface area (Å²) in [5, 5.41) is 0. The van der Waals surface area contributed by atoms with Gasteiger partial charge in [0.25, 0.3) is 0 Å². The third-order valence-corrected chi connectivity index (χ3v) is 5.34. The minimum Gasteiger partial charge on any atom is -0.303 e. The first-order valence-electron chi connectivity index (χ1n) is 8.42. The van der Waals surface area contributed by atoms with Crippen LogP contribution < -0.4 is 0 Å². The summed E-state index contributed by atoms with van der Waals surface area (Å²) in [6, 6.07) is 6.80. The van der Waals surface area contributed by atoms with E-state index in [1.165, 1.54) is 29.5 Å². The Morgan fingerprint density at radius 1 is 1.10 bits per heavy atom. The second-order valence-electron chi connectivity index (χ2n) is 7.96. The number of unbranched alkanes of at least 4 members (excludes halogenated alkanes) is 1. The smallest absolute Gasteiger partial charge is 0.127 e. The van der Waals surface area contributed by atoms with E-state index in [-0.39, 0.29) is 16.7 Å². The highest BCUT2D eigenvalue weighted by atomic mass is 16.1. The molecule has 1 aromatic carbocycles. The van der Waals surface area contributed by atoms with Crippen LogP contribution in [0.3, 0.4) is 0 Å². The maximum atomic E-state index is 11.5. The minimum absolute atomic E-state index is 0.0658. The van der Waals surface area contributed by atoms with Gasteiger partial charge in [-0.2, -0.15) is 0 Å². The number of carbonyl (C=O) groups excluding carboxylic acids is 1. The summed E-state index contributed by atoms with van der Waals surface area (Å²) >= 11 is 0. The van der Waals surface area contributed by atoms with Crippen LogP contribution in [0.2, 0.25) is 0 Å². The molecule has 0 saturated heterocycles. The summed E-state index contributed by atoms with van der Waals surface area (Å²) in [5.41, 5.74) is 4.62. The maximum Gasteiger partial charge on any atom is 0.127 e. The molecular formula is C20H30O. The Balaban J connectivity index is 2.43. The topological polar surface area (TPSA) is 17.1 Å². The van der Waals surface area contributed by atoms with E-state index >= 15 is 0 Å². The van der Waals surface area contributed by atoms with Gasteiger partial charge in [0, 0.05) is 5.92 Å². The third kappa shape index (κ3) is 3.22. The predicted octanol–water partition coefficient (Wildman–Crippen LogP) is 5.51. The van der Waals surface area contributed by atoms with Crippen molar-refractivity contribution in [1.29, 1.82) is 0 Å². The molecule has 0 saturated carbocycles. The molecule has 0 aliphatic heterocycles. The molecule has 0 aromatic heterocycles. The number of benzene rings is 1. The molecule has 0 radical (unpaired) electrons. The fourth-order valence-corrected chi connectivity index (χ4v) is 3.57. The van der Waals surface area contributed by atoms with Crippen molar-refractivity contribution in [2.75, 3.05) is 0 Å². The Morgan fingerprint density at radius 2 is 1.71 bits per heavy atom. The highest BCUT2D eigenvalue weighted by molar-refractivity contribution is 5.63. The summed E-state index contributed by atoms with van der Waals surface area (Å²) in [5.74, 6) is 0.0658. The zero-order valence-corrected chi connectivity index (χ0v) is 14.3. The lowest BCUT2D eigenvalue weighted by Gasteiger charge is -2.42. The number of hydrogen-bond donors (Lipinski definition) is 0. The van der Waals surface area contributed by atoms with Gasteiger partial charge in [-0.1, -0.05) is 65.7 Å². The Hall–Kier alpha value is -1.11. The third-order valence-electron chi connectivity index (χ3n) is 5.34. The van der Waals surface area contributed by atoms with Crippen molar-refractivity contribution < 1.29 is 4.79 Å². The second-order valence-corrected chi connectivity index (χ2v) is 7.96. The Bertz CT molecular complexity index is 511. The first kappa shape index (κ1) is 16.3. The molecule has 2 rings (SSSR count). The van der Waals surface area contributed by atoms with Crippen molar-refractivity contribution in [3.63, 3.8) is 0 Å². The van der Waals surface area contributed by atoms with Crippen LogP contribution in [0.1, 0.15) is 89.3 Å². The van der Waals surface area contributed by atoms with Crippen LogP contribution >= 0.6 is 0 Å². The average molecular weight is 286 g/mol. The Labute approximate surface area is 130 Å². The molecule has 0 spiro atoms. The Morgan fingerprint density at radius 3 is 2.29 bits per heavy atom. The van der Waals surface area contributed by atoms with Crippen LogP contribution in [0.15, 0.2) is 18.2 Å². The number of fused-ring (bicyclic) bond motifs is 1. The van der Waals surface area contributed by atoms with Gasteiger partial charge >= 0.3 is 0 Å². The quantitative estimate of drug-likeness (QED) is 0.652. The van der Waals surface area contributed by atoms with Crippen LogP contribution in [0.25, 0.3) is 0 Å². The molecule has 1 aliphatic carbocycles. The Kier molecular flexibility index (Phi) is 4.60. The van der Waals surface area contributed by atoms with E-state index in [1.54, 1.807) is 0 Å². The second kappa shape index (κ2) is 5.94. The van der Waals surface area contributed by atoms with E-state index in [4.69, 9.17) is 0 Å². The van der Waals surface area contributed by atoms with Gasteiger partial charge in [-0.3, -0.25) is 0 Å². The molecule has 0 bridgehead atoms. The van der Waals surface area contributed by atoms with Gasteiger partial charge in [0.2, 0.25) is 0 Å². The van der Waals surface area contributed by atoms with Crippen LogP contribution in [0, 0.1) is 0 Å². The molecule has 1 aliphatic rings. The van der Waals surface area contributed by atoms with Crippen molar-refractivity contribution in [2.24, 2.45) is 0 Å². The zero-order valence-electron chi connectivity index (χ0n) is 14.3. The fourth-order valence-electron chi connectivity index (χ4n) is 3.57. The summed E-state index contributed by atoms with van der Waals surface area (Å²) in [6.07, 6.45) is 6.83. The van der Waals surface area contributed by atoms with E-state index < -0.39 is 0 Å². The molecule has 1 aromatic rings. The normalized spacial score (nSPS) is 20.6. The van der Waals surface area contributed by atoms with Gasteiger partial charge in [-0.05, 0) is 46.8 Å². The summed E-state index contributed by atoms with van der Waals surface area (Å²) < 4.78 is 0. The predicted molar refractivity (Wildman–Crippen MR) is 90.1 cm³/mol. The van der Waals surface area contributed by atoms with Gasteiger partial charge < -0.3 is 4.79 Å². The van der Waals surface area contributed by atoms with Crippen LogP contribution in [0.4, 0.5) is 0 Å². The monoisotopic (exact) mass is 286 g/mol. The van der Waals surface area contributed by atoms with Gasteiger partial charge in [-0.15, -0.1) is 0 Å². The van der Waals surface area contributed by atoms with Gasteiger partial charge in [0.15, 0.2) is 0 Å². The summed E-state index contributed by atoms with van der Waals surface area (Å²) in [6.45, 7) is 11.5. The number of rotatable bonds is 5. The molecule has 0 amide bonds. The lowest BCUT2D eigenvalue weighted by molar-refractivity contribution is -0.109. The number of aldehydes is 1. The molecule has 1 heteroatoms. The van der Waals surface area contributed by atoms with Crippen LogP contribution in [-0.2, 0) is 15.6 Å². The minimum atomic E-state index is 0.0658. The number of carbonyl (C=O) groups is 1. The lowest BCUT2D eigenvalue weighted by atomic mass is 9.62. The highest BCUT2D eigenvalue weighted by Gasteiger charge is 2.37. The van der Waals surface area contributed by atoms with Crippen molar-refractivity contribution in [3.8, 4) is 0 Å². The van der Waals surface area contributed by atoms with Gasteiger partial charge in [-0.25, -0.2) is 0 Å². The average Bonchev–Trinajstić information content (AvgIpc) is 2.45. The van der Waals surface area contributed by atoms with Crippen molar-refractivity contribution in [1.82, 2.24) is 0 Å². The SMILES string of the molecule is CCCC[C@H](C=O)c1ccc2c(c1)C(C)(C)CCC2(C)C. The molecule has 0 heterocycles. The molecule has 0 unspecified atom stereocenters. The largest absolute Gasteiger partial charge is 0.303 e. The standard InChI is InChI=1S/C20H30O/c1-6-7-8-16(14-21)15-9-10-17-18(13-15)20(4,5)12-11-19(17,2)3/h9-10,13-14,16H,6-8,11-12H2,1-5H3/t16-/m1/s1. The van der Waals surface area contributed by atoms with Gasteiger partial charge in [0.1, 0.15) is 6.29 Å². The first-order chi connectivity index (χ1) is 9.81. The first-order valence-corrected chi connectivity index (χ1v) is 8.42. The lowest BCUT2D eigenvalue weighted by Crippen LogP contribution is -2.34. The van der Waals surface area contributed by atoms with E-state index in [0.717, 1.165) is 25.5 Å². The highest BCUT2D eigenvalue weighted by Crippen LogP contribution is 2.46. The van der Waals surface area contributed by atoms with E-state index in [2.05, 4.69) is 52.8 Å². The zero-order chi connectivity index (χ0) is 15.7. The van der Waals surface area contributed by atoms with Crippen molar-refractivity contribution in [3.05, 3.63) is 34.9 Å². The molecular weight excluding hydrogens is 256 g/mol. The summed E-state index contributed by atoms with van der Waals surface area (Å²) in [4.78, 5) is 11.5. The van der Waals surface area contributed by atoms with Crippen LogP contribution in [-0.4, -0.2) is 6.29 Å². The van der Waals surface area contributed by atoms with Gasteiger partial charge in [0.05, 0.1) is 0 Å². The molecule has 0 fully saturated rings. The fraction of sp³-hybridized carbons (Fsp3) is 0.650. The van der Waals surface area contributed by atoms with Crippen molar-refractivity contribution >= 4 is 6.29 Å². The molecule has 116 valence electrons. The van der Waals surface area contributed by atoms with Crippen LogP contribution in [0.5, 0.6) is 0 Å². The number of hydrogen-bond acceptors (Lipinski definition) is 1. The van der Waals surface area contributed by atoms with E-state index in [1.807, 2.05) is 0 Å². The maximum absolute atomic E-state index is 11.5.